The van der Waals surface area contributed by atoms with Crippen LogP contribution in [0.5, 0.6) is 0 Å². The van der Waals surface area contributed by atoms with Crippen LogP contribution in [0.4, 0.5) is 5.82 Å². The summed E-state index contributed by atoms with van der Waals surface area (Å²) in [6.45, 7) is 0.828. The lowest BCUT2D eigenvalue weighted by Crippen LogP contribution is -2.29. The highest BCUT2D eigenvalue weighted by Gasteiger charge is 2.25. The molecule has 0 bridgehead atoms. The van der Waals surface area contributed by atoms with Crippen LogP contribution in [0.3, 0.4) is 0 Å². The molecule has 16 heavy (non-hydrogen) atoms. The molecule has 1 amide bonds. The Kier molecular flexibility index (Phi) is 3.03. The first kappa shape index (κ1) is 10.9. The summed E-state index contributed by atoms with van der Waals surface area (Å²) < 4.78 is 0. The van der Waals surface area contributed by atoms with Crippen LogP contribution in [0, 0.1) is 5.92 Å². The van der Waals surface area contributed by atoms with Gasteiger partial charge in [-0.3, -0.25) is 4.79 Å². The third-order valence-corrected chi connectivity index (χ3v) is 2.70. The van der Waals surface area contributed by atoms with E-state index in [0.717, 1.165) is 6.54 Å². The monoisotopic (exact) mass is 220 g/mol. The number of carbonyl (C=O) groups is 1. The van der Waals surface area contributed by atoms with Crippen molar-refractivity contribution < 1.29 is 4.79 Å². The molecular weight excluding hydrogens is 204 g/mol. The Morgan fingerprint density at radius 3 is 2.75 bits per heavy atom. The number of amides is 1. The SMILES string of the molecule is CNc1cnc(C(=O)N(C)CC2CC2)cn1. The number of carbonyl (C=O) groups excluding carboxylic acids is 1. The molecule has 0 atom stereocenters. The minimum absolute atomic E-state index is 0.0537. The van der Waals surface area contributed by atoms with Gasteiger partial charge in [0.1, 0.15) is 11.5 Å². The van der Waals surface area contributed by atoms with Crippen LogP contribution in [-0.4, -0.2) is 41.4 Å². The minimum Gasteiger partial charge on any atom is -0.372 e. The van der Waals surface area contributed by atoms with Gasteiger partial charge in [0.2, 0.25) is 0 Å². The maximum atomic E-state index is 11.9. The van der Waals surface area contributed by atoms with E-state index in [4.69, 9.17) is 0 Å². The fourth-order valence-corrected chi connectivity index (χ4v) is 1.53. The summed E-state index contributed by atoms with van der Waals surface area (Å²) >= 11 is 0. The Labute approximate surface area is 94.9 Å². The van der Waals surface area contributed by atoms with Crippen molar-refractivity contribution in [2.75, 3.05) is 26.0 Å². The van der Waals surface area contributed by atoms with Crippen LogP contribution >= 0.6 is 0 Å². The molecule has 0 aromatic carbocycles. The maximum Gasteiger partial charge on any atom is 0.273 e. The lowest BCUT2D eigenvalue weighted by atomic mass is 10.3. The summed E-state index contributed by atoms with van der Waals surface area (Å²) in [7, 11) is 3.58. The summed E-state index contributed by atoms with van der Waals surface area (Å²) in [4.78, 5) is 21.8. The van der Waals surface area contributed by atoms with Crippen molar-refractivity contribution in [3.63, 3.8) is 0 Å². The van der Waals surface area contributed by atoms with Crippen molar-refractivity contribution in [3.8, 4) is 0 Å². The number of nitrogens with one attached hydrogen (secondary N) is 1. The molecule has 0 saturated heterocycles. The van der Waals surface area contributed by atoms with E-state index >= 15 is 0 Å². The number of anilines is 1. The van der Waals surface area contributed by atoms with Gasteiger partial charge in [0, 0.05) is 20.6 Å². The number of hydrogen-bond acceptors (Lipinski definition) is 4. The van der Waals surface area contributed by atoms with Crippen molar-refractivity contribution in [1.82, 2.24) is 14.9 Å². The number of nitrogens with zero attached hydrogens (tertiary/aromatic N) is 3. The fraction of sp³-hybridized carbons (Fsp3) is 0.545. The second kappa shape index (κ2) is 4.47. The van der Waals surface area contributed by atoms with Gasteiger partial charge in [-0.05, 0) is 18.8 Å². The van der Waals surface area contributed by atoms with Crippen molar-refractivity contribution in [2.45, 2.75) is 12.8 Å². The molecule has 1 aliphatic carbocycles. The molecule has 1 fully saturated rings. The van der Waals surface area contributed by atoms with Gasteiger partial charge in [0.25, 0.3) is 5.91 Å². The standard InChI is InChI=1S/C11H16N4O/c1-12-10-6-13-9(5-14-10)11(16)15(2)7-8-3-4-8/h5-6,8H,3-4,7H2,1-2H3,(H,12,14). The Morgan fingerprint density at radius 2 is 2.25 bits per heavy atom. The number of hydrogen-bond donors (Lipinski definition) is 1. The minimum atomic E-state index is -0.0537. The van der Waals surface area contributed by atoms with Gasteiger partial charge in [0.05, 0.1) is 12.4 Å². The average molecular weight is 220 g/mol. The Balaban J connectivity index is 2.00. The topological polar surface area (TPSA) is 58.1 Å². The third kappa shape index (κ3) is 2.48. The third-order valence-electron chi connectivity index (χ3n) is 2.70. The summed E-state index contributed by atoms with van der Waals surface area (Å²) in [6, 6.07) is 0. The summed E-state index contributed by atoms with van der Waals surface area (Å²) in [5.74, 6) is 1.31. The largest absolute Gasteiger partial charge is 0.372 e. The number of rotatable bonds is 4. The van der Waals surface area contributed by atoms with Gasteiger partial charge >= 0.3 is 0 Å². The lowest BCUT2D eigenvalue weighted by Gasteiger charge is -2.15. The van der Waals surface area contributed by atoms with Gasteiger partial charge in [-0.2, -0.15) is 0 Å². The molecule has 1 saturated carbocycles. The molecule has 5 heteroatoms. The summed E-state index contributed by atoms with van der Waals surface area (Å²) in [5.41, 5.74) is 0.405. The maximum absolute atomic E-state index is 11.9. The van der Waals surface area contributed by atoms with Crippen LogP contribution < -0.4 is 5.32 Å². The molecule has 1 N–H and O–H groups in total. The molecule has 0 radical (unpaired) electrons. The van der Waals surface area contributed by atoms with Gasteiger partial charge < -0.3 is 10.2 Å². The molecule has 1 aliphatic rings. The van der Waals surface area contributed by atoms with Crippen LogP contribution in [-0.2, 0) is 0 Å². The van der Waals surface area contributed by atoms with E-state index < -0.39 is 0 Å². The molecule has 0 unspecified atom stereocenters. The fourth-order valence-electron chi connectivity index (χ4n) is 1.53. The first-order valence-corrected chi connectivity index (χ1v) is 5.46. The first-order valence-electron chi connectivity index (χ1n) is 5.46. The summed E-state index contributed by atoms with van der Waals surface area (Å²) in [5, 5.41) is 2.87. The van der Waals surface area contributed by atoms with E-state index in [0.29, 0.717) is 17.4 Å². The van der Waals surface area contributed by atoms with Crippen LogP contribution in [0.2, 0.25) is 0 Å². The van der Waals surface area contributed by atoms with Gasteiger partial charge in [0.15, 0.2) is 0 Å². The number of aromatic nitrogens is 2. The molecule has 5 nitrogen and oxygen atoms in total. The highest BCUT2D eigenvalue weighted by Crippen LogP contribution is 2.29. The molecule has 1 aromatic rings. The van der Waals surface area contributed by atoms with Crippen molar-refractivity contribution in [3.05, 3.63) is 18.1 Å². The van der Waals surface area contributed by atoms with E-state index in [1.54, 1.807) is 18.1 Å². The van der Waals surface area contributed by atoms with Gasteiger partial charge in [-0.15, -0.1) is 0 Å². The van der Waals surface area contributed by atoms with Crippen LogP contribution in [0.25, 0.3) is 0 Å². The smallest absolute Gasteiger partial charge is 0.273 e. The van der Waals surface area contributed by atoms with Crippen molar-refractivity contribution in [1.29, 1.82) is 0 Å². The molecule has 0 spiro atoms. The Morgan fingerprint density at radius 1 is 1.50 bits per heavy atom. The molecule has 86 valence electrons. The Hall–Kier alpha value is -1.65. The lowest BCUT2D eigenvalue weighted by molar-refractivity contribution is 0.0782. The zero-order chi connectivity index (χ0) is 11.5. The zero-order valence-electron chi connectivity index (χ0n) is 9.60. The molecule has 2 rings (SSSR count). The second-order valence-corrected chi connectivity index (χ2v) is 4.17. The van der Waals surface area contributed by atoms with E-state index in [9.17, 15) is 4.79 Å². The predicted octanol–water partition coefficient (Wildman–Crippen LogP) is 1.00. The van der Waals surface area contributed by atoms with E-state index in [-0.39, 0.29) is 5.91 Å². The van der Waals surface area contributed by atoms with Gasteiger partial charge in [-0.25, -0.2) is 9.97 Å². The zero-order valence-corrected chi connectivity index (χ0v) is 9.60. The van der Waals surface area contributed by atoms with E-state index in [1.165, 1.54) is 19.0 Å². The quantitative estimate of drug-likeness (QED) is 0.822. The average Bonchev–Trinajstić information content (AvgIpc) is 3.12. The molecule has 0 aliphatic heterocycles. The normalized spacial score (nSPS) is 14.6. The van der Waals surface area contributed by atoms with Crippen molar-refractivity contribution >= 4 is 11.7 Å². The van der Waals surface area contributed by atoms with E-state index in [2.05, 4.69) is 15.3 Å². The second-order valence-electron chi connectivity index (χ2n) is 4.17. The molecular formula is C11H16N4O. The van der Waals surface area contributed by atoms with E-state index in [1.807, 2.05) is 7.05 Å². The first-order chi connectivity index (χ1) is 7.70. The molecule has 1 aromatic heterocycles. The van der Waals surface area contributed by atoms with Crippen LogP contribution in [0.1, 0.15) is 23.3 Å². The highest BCUT2D eigenvalue weighted by atomic mass is 16.2. The summed E-state index contributed by atoms with van der Waals surface area (Å²) in [6.07, 6.45) is 5.56. The highest BCUT2D eigenvalue weighted by molar-refractivity contribution is 5.91. The Bertz CT molecular complexity index is 372. The van der Waals surface area contributed by atoms with Gasteiger partial charge in [-0.1, -0.05) is 0 Å². The van der Waals surface area contributed by atoms with Crippen LogP contribution in [0.15, 0.2) is 12.4 Å². The van der Waals surface area contributed by atoms with Crippen molar-refractivity contribution in [2.24, 2.45) is 5.92 Å². The molecule has 1 heterocycles. The predicted molar refractivity (Wildman–Crippen MR) is 61.3 cm³/mol.